The van der Waals surface area contributed by atoms with E-state index in [0.717, 1.165) is 68.7 Å². The summed E-state index contributed by atoms with van der Waals surface area (Å²) in [5.41, 5.74) is 2.16. The zero-order valence-electron chi connectivity index (χ0n) is 17.3. The molecule has 2 heterocycles. The van der Waals surface area contributed by atoms with Gasteiger partial charge in [0.25, 0.3) is 0 Å². The summed E-state index contributed by atoms with van der Waals surface area (Å²) in [7, 11) is 3.81. The number of aliphatic imine (C=N–C) groups is 1. The maximum atomic E-state index is 5.91. The van der Waals surface area contributed by atoms with Crippen molar-refractivity contribution in [2.24, 2.45) is 4.99 Å². The van der Waals surface area contributed by atoms with Crippen LogP contribution in [0.1, 0.15) is 25.1 Å². The first-order valence-corrected chi connectivity index (χ1v) is 9.96. The number of nitrogens with one attached hydrogen (secondary N) is 2. The molecule has 29 heavy (non-hydrogen) atoms. The molecular weight excluding hydrogens is 481 g/mol. The standard InChI is InChI=1S/C21H31N5O2.HI/c1-22-21(23-11-6-12-28-18-9-13-27-14-10-18)26(2)16-20-24-15-19(25-20)17-7-4-3-5-8-17;/h3-5,7-8,15,18H,6,9-14,16H2,1-2H3,(H,22,23)(H,24,25);1H. The Bertz CT molecular complexity index is 732. The molecule has 0 atom stereocenters. The molecule has 1 aromatic carbocycles. The second kappa shape index (κ2) is 12.8. The number of ether oxygens (including phenoxy) is 2. The van der Waals surface area contributed by atoms with E-state index in [9.17, 15) is 0 Å². The molecule has 1 saturated heterocycles. The van der Waals surface area contributed by atoms with Crippen LogP contribution in [0, 0.1) is 0 Å². The zero-order valence-corrected chi connectivity index (χ0v) is 19.6. The van der Waals surface area contributed by atoms with E-state index < -0.39 is 0 Å². The van der Waals surface area contributed by atoms with Crippen LogP contribution >= 0.6 is 24.0 Å². The van der Waals surface area contributed by atoms with Crippen LogP contribution < -0.4 is 5.32 Å². The van der Waals surface area contributed by atoms with Crippen LogP contribution in [-0.4, -0.2) is 67.4 Å². The van der Waals surface area contributed by atoms with Crippen LogP contribution in [0.5, 0.6) is 0 Å². The van der Waals surface area contributed by atoms with Crippen LogP contribution in [0.15, 0.2) is 41.5 Å². The number of H-pyrrole nitrogens is 1. The fourth-order valence-electron chi connectivity index (χ4n) is 3.26. The van der Waals surface area contributed by atoms with Crippen molar-refractivity contribution in [3.8, 4) is 11.3 Å². The van der Waals surface area contributed by atoms with E-state index >= 15 is 0 Å². The quantitative estimate of drug-likeness (QED) is 0.245. The lowest BCUT2D eigenvalue weighted by Crippen LogP contribution is -2.39. The lowest BCUT2D eigenvalue weighted by Gasteiger charge is -2.23. The van der Waals surface area contributed by atoms with Crippen LogP contribution in [0.2, 0.25) is 0 Å². The summed E-state index contributed by atoms with van der Waals surface area (Å²) < 4.78 is 11.3. The monoisotopic (exact) mass is 513 g/mol. The molecule has 0 radical (unpaired) electrons. The van der Waals surface area contributed by atoms with E-state index in [0.29, 0.717) is 12.6 Å². The average molecular weight is 513 g/mol. The SMILES string of the molecule is CN=C(NCCCOC1CCOCC1)N(C)Cc1ncc(-c2ccccc2)[nH]1.I. The summed E-state index contributed by atoms with van der Waals surface area (Å²) in [4.78, 5) is 14.3. The maximum absolute atomic E-state index is 5.91. The van der Waals surface area contributed by atoms with Gasteiger partial charge in [0.2, 0.25) is 0 Å². The summed E-state index contributed by atoms with van der Waals surface area (Å²) >= 11 is 0. The lowest BCUT2D eigenvalue weighted by atomic mass is 10.1. The van der Waals surface area contributed by atoms with Crippen molar-refractivity contribution in [2.45, 2.75) is 31.9 Å². The first-order chi connectivity index (χ1) is 13.8. The predicted octanol–water partition coefficient (Wildman–Crippen LogP) is 3.29. The fourth-order valence-corrected chi connectivity index (χ4v) is 3.26. The first kappa shape index (κ1) is 23.6. The maximum Gasteiger partial charge on any atom is 0.193 e. The van der Waals surface area contributed by atoms with Crippen molar-refractivity contribution < 1.29 is 9.47 Å². The molecule has 0 saturated carbocycles. The number of rotatable bonds is 8. The molecule has 8 heteroatoms. The molecule has 0 spiro atoms. The Morgan fingerprint density at radius 2 is 2.07 bits per heavy atom. The van der Waals surface area contributed by atoms with Gasteiger partial charge in [-0.2, -0.15) is 0 Å². The second-order valence-electron chi connectivity index (χ2n) is 6.98. The Hall–Kier alpha value is -1.65. The third kappa shape index (κ3) is 7.60. The molecular formula is C21H32IN5O2. The van der Waals surface area contributed by atoms with Gasteiger partial charge in [0.15, 0.2) is 5.96 Å². The smallest absolute Gasteiger partial charge is 0.193 e. The largest absolute Gasteiger partial charge is 0.381 e. The number of aromatic amines is 1. The van der Waals surface area contributed by atoms with Gasteiger partial charge in [-0.15, -0.1) is 24.0 Å². The third-order valence-corrected chi connectivity index (χ3v) is 4.80. The van der Waals surface area contributed by atoms with E-state index in [1.165, 1.54) is 0 Å². The molecule has 1 aromatic heterocycles. The first-order valence-electron chi connectivity index (χ1n) is 9.96. The molecule has 1 fully saturated rings. The summed E-state index contributed by atoms with van der Waals surface area (Å²) in [6.45, 7) is 3.88. The minimum absolute atomic E-state index is 0. The van der Waals surface area contributed by atoms with Crippen molar-refractivity contribution in [1.82, 2.24) is 20.2 Å². The van der Waals surface area contributed by atoms with Gasteiger partial charge in [0.1, 0.15) is 5.82 Å². The van der Waals surface area contributed by atoms with Crippen LogP contribution in [0.4, 0.5) is 0 Å². The average Bonchev–Trinajstić information content (AvgIpc) is 3.20. The topological polar surface area (TPSA) is 74.8 Å². The highest BCUT2D eigenvalue weighted by Gasteiger charge is 2.14. The van der Waals surface area contributed by atoms with Crippen molar-refractivity contribution >= 4 is 29.9 Å². The normalized spacial score (nSPS) is 15.0. The molecule has 2 aromatic rings. The Morgan fingerprint density at radius 3 is 2.79 bits per heavy atom. The molecule has 0 unspecified atom stereocenters. The second-order valence-corrected chi connectivity index (χ2v) is 6.98. The molecule has 1 aliphatic rings. The van der Waals surface area contributed by atoms with Crippen LogP contribution in [-0.2, 0) is 16.0 Å². The van der Waals surface area contributed by atoms with Crippen molar-refractivity contribution in [3.63, 3.8) is 0 Å². The van der Waals surface area contributed by atoms with E-state index in [1.807, 2.05) is 31.4 Å². The van der Waals surface area contributed by atoms with Gasteiger partial charge in [-0.3, -0.25) is 4.99 Å². The number of halogens is 1. The Labute approximate surface area is 190 Å². The highest BCUT2D eigenvalue weighted by Crippen LogP contribution is 2.16. The Kier molecular flexibility index (Phi) is 10.4. The Morgan fingerprint density at radius 1 is 1.31 bits per heavy atom. The number of aromatic nitrogens is 2. The number of hydrogen-bond acceptors (Lipinski definition) is 4. The highest BCUT2D eigenvalue weighted by atomic mass is 127. The van der Waals surface area contributed by atoms with Gasteiger partial charge in [-0.1, -0.05) is 30.3 Å². The van der Waals surface area contributed by atoms with E-state index in [1.54, 1.807) is 7.05 Å². The van der Waals surface area contributed by atoms with Gasteiger partial charge in [0.05, 0.1) is 24.5 Å². The molecule has 1 aliphatic heterocycles. The van der Waals surface area contributed by atoms with Gasteiger partial charge in [-0.05, 0) is 24.8 Å². The molecule has 7 nitrogen and oxygen atoms in total. The van der Waals surface area contributed by atoms with Gasteiger partial charge in [0, 0.05) is 40.5 Å². The zero-order chi connectivity index (χ0) is 19.6. The van der Waals surface area contributed by atoms with Gasteiger partial charge in [-0.25, -0.2) is 4.98 Å². The summed E-state index contributed by atoms with van der Waals surface area (Å²) in [5.74, 6) is 1.76. The minimum Gasteiger partial charge on any atom is -0.381 e. The summed E-state index contributed by atoms with van der Waals surface area (Å²) in [6.07, 6.45) is 5.19. The highest BCUT2D eigenvalue weighted by molar-refractivity contribution is 14.0. The number of nitrogens with zero attached hydrogens (tertiary/aromatic N) is 3. The van der Waals surface area contributed by atoms with Gasteiger partial charge < -0.3 is 24.7 Å². The number of benzene rings is 1. The number of hydrogen-bond donors (Lipinski definition) is 2. The summed E-state index contributed by atoms with van der Waals surface area (Å²) in [5, 5.41) is 3.40. The predicted molar refractivity (Wildman–Crippen MR) is 127 cm³/mol. The van der Waals surface area contributed by atoms with Crippen molar-refractivity contribution in [1.29, 1.82) is 0 Å². The molecule has 0 bridgehead atoms. The van der Waals surface area contributed by atoms with Crippen molar-refractivity contribution in [2.75, 3.05) is 40.5 Å². The molecule has 0 amide bonds. The van der Waals surface area contributed by atoms with E-state index in [2.05, 4.69) is 37.3 Å². The summed E-state index contributed by atoms with van der Waals surface area (Å²) in [6, 6.07) is 10.2. The lowest BCUT2D eigenvalue weighted by molar-refractivity contribution is -0.0320. The van der Waals surface area contributed by atoms with Crippen LogP contribution in [0.3, 0.4) is 0 Å². The molecule has 3 rings (SSSR count). The van der Waals surface area contributed by atoms with E-state index in [4.69, 9.17) is 9.47 Å². The molecule has 160 valence electrons. The molecule has 0 aliphatic carbocycles. The molecule has 2 N–H and O–H groups in total. The fraction of sp³-hybridized carbons (Fsp3) is 0.524. The van der Waals surface area contributed by atoms with Crippen LogP contribution in [0.25, 0.3) is 11.3 Å². The third-order valence-electron chi connectivity index (χ3n) is 4.80. The van der Waals surface area contributed by atoms with Crippen molar-refractivity contribution in [3.05, 3.63) is 42.4 Å². The van der Waals surface area contributed by atoms with E-state index in [-0.39, 0.29) is 24.0 Å². The number of imidazole rings is 1. The van der Waals surface area contributed by atoms with Gasteiger partial charge >= 0.3 is 0 Å². The Balaban J connectivity index is 0.00000300. The minimum atomic E-state index is 0. The number of guanidine groups is 1.